The smallest absolute Gasteiger partial charge is 0.264 e. The minimum Gasteiger partial charge on any atom is -0.383 e. The topological polar surface area (TPSA) is 75.7 Å². The molecule has 3 rings (SSSR count). The first-order chi connectivity index (χ1) is 13.9. The fraction of sp³-hybridized carbons (Fsp3) is 0.250. The van der Waals surface area contributed by atoms with Gasteiger partial charge in [-0.2, -0.15) is 0 Å². The van der Waals surface area contributed by atoms with E-state index in [2.05, 4.69) is 21.2 Å². The van der Waals surface area contributed by atoms with E-state index in [4.69, 9.17) is 4.74 Å². The Hall–Kier alpha value is -1.94. The SMILES string of the molecule is CCN(c1ccc2sc(C(=O)NCCOC)cc2c1)S(=O)(=O)c1ccc(Br)cc1. The van der Waals surface area contributed by atoms with E-state index in [1.54, 1.807) is 56.5 Å². The van der Waals surface area contributed by atoms with Gasteiger partial charge in [0.15, 0.2) is 0 Å². The first kappa shape index (κ1) is 21.8. The number of rotatable bonds is 8. The van der Waals surface area contributed by atoms with E-state index >= 15 is 0 Å². The van der Waals surface area contributed by atoms with Crippen LogP contribution < -0.4 is 9.62 Å². The monoisotopic (exact) mass is 496 g/mol. The van der Waals surface area contributed by atoms with Gasteiger partial charge in [0.1, 0.15) is 0 Å². The predicted molar refractivity (Wildman–Crippen MR) is 120 cm³/mol. The van der Waals surface area contributed by atoms with Crippen LogP contribution in [0.25, 0.3) is 10.1 Å². The Kier molecular flexibility index (Phi) is 6.94. The van der Waals surface area contributed by atoms with Crippen LogP contribution in [-0.4, -0.2) is 41.1 Å². The van der Waals surface area contributed by atoms with Crippen LogP contribution in [0.5, 0.6) is 0 Å². The third-order valence-electron chi connectivity index (χ3n) is 4.29. The maximum atomic E-state index is 13.1. The number of fused-ring (bicyclic) bond motifs is 1. The minimum absolute atomic E-state index is 0.167. The van der Waals surface area contributed by atoms with Gasteiger partial charge >= 0.3 is 0 Å². The van der Waals surface area contributed by atoms with Crippen LogP contribution in [0.4, 0.5) is 5.69 Å². The fourth-order valence-electron chi connectivity index (χ4n) is 2.88. The van der Waals surface area contributed by atoms with Gasteiger partial charge < -0.3 is 10.1 Å². The number of hydrogen-bond donors (Lipinski definition) is 1. The fourth-order valence-corrected chi connectivity index (χ4v) is 5.57. The molecule has 0 aliphatic heterocycles. The molecule has 0 fully saturated rings. The number of halogens is 1. The van der Waals surface area contributed by atoms with Crippen LogP contribution in [-0.2, 0) is 14.8 Å². The number of anilines is 1. The number of amides is 1. The van der Waals surface area contributed by atoms with Crippen molar-refractivity contribution < 1.29 is 17.9 Å². The van der Waals surface area contributed by atoms with E-state index in [0.717, 1.165) is 14.6 Å². The van der Waals surface area contributed by atoms with Crippen LogP contribution in [0.3, 0.4) is 0 Å². The Morgan fingerprint density at radius 3 is 2.55 bits per heavy atom. The van der Waals surface area contributed by atoms with Crippen LogP contribution in [0.2, 0.25) is 0 Å². The zero-order valence-corrected chi connectivity index (χ0v) is 19.2. The van der Waals surface area contributed by atoms with Crippen LogP contribution in [0, 0.1) is 0 Å². The summed E-state index contributed by atoms with van der Waals surface area (Å²) in [6, 6.07) is 13.8. The molecule has 0 saturated heterocycles. The standard InChI is InChI=1S/C20H21BrN2O4S2/c1-3-23(29(25,26)17-7-4-15(21)5-8-17)16-6-9-18-14(12-16)13-19(28-18)20(24)22-10-11-27-2/h4-9,12-13H,3,10-11H2,1-2H3,(H,22,24). The summed E-state index contributed by atoms with van der Waals surface area (Å²) in [6.07, 6.45) is 0. The van der Waals surface area contributed by atoms with Gasteiger partial charge in [-0.05, 0) is 60.8 Å². The van der Waals surface area contributed by atoms with Gasteiger partial charge in [-0.15, -0.1) is 11.3 Å². The van der Waals surface area contributed by atoms with E-state index in [1.807, 2.05) is 6.07 Å². The van der Waals surface area contributed by atoms with Crippen molar-refractivity contribution in [3.8, 4) is 0 Å². The van der Waals surface area contributed by atoms with E-state index in [-0.39, 0.29) is 10.8 Å². The molecule has 1 heterocycles. The van der Waals surface area contributed by atoms with Crippen molar-refractivity contribution >= 4 is 59.0 Å². The lowest BCUT2D eigenvalue weighted by Crippen LogP contribution is -2.30. The minimum atomic E-state index is -3.69. The number of carbonyl (C=O) groups excluding carboxylic acids is 1. The summed E-state index contributed by atoms with van der Waals surface area (Å²) in [6.45, 7) is 2.96. The second kappa shape index (κ2) is 9.25. The molecule has 1 N–H and O–H groups in total. The Balaban J connectivity index is 1.91. The Labute approximate surface area is 182 Å². The molecule has 0 saturated carbocycles. The molecule has 1 amide bonds. The highest BCUT2D eigenvalue weighted by molar-refractivity contribution is 9.10. The molecule has 0 aliphatic rings. The highest BCUT2D eigenvalue weighted by Gasteiger charge is 2.24. The van der Waals surface area contributed by atoms with Gasteiger partial charge in [-0.1, -0.05) is 15.9 Å². The average Bonchev–Trinajstić information content (AvgIpc) is 3.12. The first-order valence-corrected chi connectivity index (χ1v) is 12.0. The molecule has 9 heteroatoms. The van der Waals surface area contributed by atoms with Gasteiger partial charge in [0, 0.05) is 29.4 Å². The molecule has 29 heavy (non-hydrogen) atoms. The molecular formula is C20H21BrN2O4S2. The number of sulfonamides is 1. The van der Waals surface area contributed by atoms with Crippen molar-refractivity contribution in [2.45, 2.75) is 11.8 Å². The summed E-state index contributed by atoms with van der Waals surface area (Å²) in [5.74, 6) is -0.167. The van der Waals surface area contributed by atoms with E-state index < -0.39 is 10.0 Å². The zero-order valence-electron chi connectivity index (χ0n) is 16.0. The second-order valence-corrected chi connectivity index (χ2v) is 10.1. The highest BCUT2D eigenvalue weighted by atomic mass is 79.9. The number of nitrogens with one attached hydrogen (secondary N) is 1. The van der Waals surface area contributed by atoms with E-state index in [9.17, 15) is 13.2 Å². The molecular weight excluding hydrogens is 476 g/mol. The third-order valence-corrected chi connectivity index (χ3v) is 7.85. The summed E-state index contributed by atoms with van der Waals surface area (Å²) in [7, 11) is -2.11. The number of hydrogen-bond acceptors (Lipinski definition) is 5. The summed E-state index contributed by atoms with van der Waals surface area (Å²) in [5, 5.41) is 3.62. The maximum absolute atomic E-state index is 13.1. The number of nitrogens with zero attached hydrogens (tertiary/aromatic N) is 1. The Morgan fingerprint density at radius 1 is 1.17 bits per heavy atom. The van der Waals surface area contributed by atoms with Crippen LogP contribution in [0.15, 0.2) is 57.9 Å². The molecule has 1 aromatic heterocycles. The number of benzene rings is 2. The zero-order chi connectivity index (χ0) is 21.0. The largest absolute Gasteiger partial charge is 0.383 e. The molecule has 154 valence electrons. The molecule has 0 unspecified atom stereocenters. The average molecular weight is 497 g/mol. The highest BCUT2D eigenvalue weighted by Crippen LogP contribution is 2.32. The van der Waals surface area contributed by atoms with Crippen molar-refractivity contribution in [1.29, 1.82) is 0 Å². The molecule has 0 bridgehead atoms. The Bertz CT molecular complexity index is 1110. The Morgan fingerprint density at radius 2 is 1.90 bits per heavy atom. The predicted octanol–water partition coefficient (Wildman–Crippen LogP) is 4.26. The molecule has 0 radical (unpaired) electrons. The molecule has 2 aromatic carbocycles. The number of methoxy groups -OCH3 is 1. The quantitative estimate of drug-likeness (QED) is 0.472. The van der Waals surface area contributed by atoms with Gasteiger partial charge in [0.05, 0.1) is 22.1 Å². The lowest BCUT2D eigenvalue weighted by Gasteiger charge is -2.23. The summed E-state index contributed by atoms with van der Waals surface area (Å²) < 4.78 is 34.3. The summed E-state index contributed by atoms with van der Waals surface area (Å²) in [4.78, 5) is 13.1. The van der Waals surface area contributed by atoms with Gasteiger partial charge in [0.25, 0.3) is 15.9 Å². The van der Waals surface area contributed by atoms with Crippen molar-refractivity contribution in [3.63, 3.8) is 0 Å². The lowest BCUT2D eigenvalue weighted by molar-refractivity contribution is 0.0941. The van der Waals surface area contributed by atoms with Crippen molar-refractivity contribution in [3.05, 3.63) is 57.9 Å². The van der Waals surface area contributed by atoms with E-state index in [1.165, 1.54) is 15.6 Å². The van der Waals surface area contributed by atoms with Gasteiger partial charge in [0.2, 0.25) is 0 Å². The second-order valence-electron chi connectivity index (χ2n) is 6.21. The first-order valence-electron chi connectivity index (χ1n) is 8.96. The number of thiophene rings is 1. The number of ether oxygens (including phenoxy) is 1. The molecule has 3 aromatic rings. The van der Waals surface area contributed by atoms with Crippen LogP contribution in [0.1, 0.15) is 16.6 Å². The van der Waals surface area contributed by atoms with E-state index in [0.29, 0.717) is 30.3 Å². The molecule has 0 aliphatic carbocycles. The summed E-state index contributed by atoms with van der Waals surface area (Å²) >= 11 is 4.70. The molecule has 0 spiro atoms. The van der Waals surface area contributed by atoms with Crippen molar-refractivity contribution in [2.75, 3.05) is 31.1 Å². The maximum Gasteiger partial charge on any atom is 0.264 e. The third kappa shape index (κ3) is 4.80. The van der Waals surface area contributed by atoms with Crippen molar-refractivity contribution in [2.24, 2.45) is 0 Å². The molecule has 0 atom stereocenters. The van der Waals surface area contributed by atoms with Gasteiger partial charge in [-0.3, -0.25) is 9.10 Å². The summed E-state index contributed by atoms with van der Waals surface area (Å²) in [5.41, 5.74) is 0.562. The lowest BCUT2D eigenvalue weighted by atomic mass is 10.2. The van der Waals surface area contributed by atoms with Crippen molar-refractivity contribution in [1.82, 2.24) is 5.32 Å². The number of carbonyl (C=O) groups is 1. The van der Waals surface area contributed by atoms with Crippen LogP contribution >= 0.6 is 27.3 Å². The molecule has 6 nitrogen and oxygen atoms in total. The normalized spacial score (nSPS) is 11.6. The van der Waals surface area contributed by atoms with Gasteiger partial charge in [-0.25, -0.2) is 8.42 Å².